The first-order valence-electron chi connectivity index (χ1n) is 7.71. The number of halogens is 2. The Morgan fingerprint density at radius 3 is 2.82 bits per heavy atom. The molecule has 0 fully saturated rings. The van der Waals surface area contributed by atoms with Gasteiger partial charge in [0.25, 0.3) is 0 Å². The lowest BCUT2D eigenvalue weighted by molar-refractivity contribution is 0.301. The molecule has 22 heavy (non-hydrogen) atoms. The minimum absolute atomic E-state index is 0.228. The quantitative estimate of drug-likeness (QED) is 0.573. The third-order valence-electron chi connectivity index (χ3n) is 3.48. The van der Waals surface area contributed by atoms with Crippen LogP contribution in [-0.4, -0.2) is 11.6 Å². The van der Waals surface area contributed by atoms with Gasteiger partial charge in [-0.1, -0.05) is 48.2 Å². The van der Waals surface area contributed by atoms with E-state index in [9.17, 15) is 4.39 Å². The van der Waals surface area contributed by atoms with Crippen LogP contribution in [0.25, 0.3) is 0 Å². The van der Waals surface area contributed by atoms with Gasteiger partial charge in [0.15, 0.2) is 0 Å². The highest BCUT2D eigenvalue weighted by atomic mass is 79.9. The maximum atomic E-state index is 14.0. The average Bonchev–Trinajstić information content (AvgIpc) is 2.51. The van der Waals surface area contributed by atoms with Crippen molar-refractivity contribution >= 4 is 15.9 Å². The molecule has 0 aliphatic heterocycles. The summed E-state index contributed by atoms with van der Waals surface area (Å²) < 4.78 is 20.5. The zero-order chi connectivity index (χ0) is 15.8. The van der Waals surface area contributed by atoms with Gasteiger partial charge in [-0.3, -0.25) is 4.98 Å². The Bertz CT molecular complexity index is 603. The first-order valence-corrected chi connectivity index (χ1v) is 8.50. The van der Waals surface area contributed by atoms with Gasteiger partial charge in [-0.2, -0.15) is 0 Å². The second kappa shape index (κ2) is 8.89. The second-order valence-electron chi connectivity index (χ2n) is 5.27. The van der Waals surface area contributed by atoms with E-state index in [4.69, 9.17) is 4.74 Å². The smallest absolute Gasteiger partial charge is 0.141 e. The minimum Gasteiger partial charge on any atom is -0.492 e. The third kappa shape index (κ3) is 5.09. The molecule has 0 radical (unpaired) electrons. The summed E-state index contributed by atoms with van der Waals surface area (Å²) in [6.07, 6.45) is 6.80. The van der Waals surface area contributed by atoms with Crippen LogP contribution in [0, 0.1) is 5.82 Å². The molecule has 0 unspecified atom stereocenters. The fourth-order valence-corrected chi connectivity index (χ4v) is 2.58. The molecular formula is C18H21BrFNO. The van der Waals surface area contributed by atoms with E-state index < -0.39 is 0 Å². The maximum Gasteiger partial charge on any atom is 0.141 e. The number of pyridine rings is 1. The number of aromatic nitrogens is 1. The number of unbranched alkanes of at least 4 members (excludes halogenated alkanes) is 3. The van der Waals surface area contributed by atoms with Crippen LogP contribution in [-0.2, 0) is 6.42 Å². The van der Waals surface area contributed by atoms with Crippen LogP contribution in [0.1, 0.15) is 43.9 Å². The van der Waals surface area contributed by atoms with E-state index in [0.717, 1.165) is 22.3 Å². The number of rotatable bonds is 8. The van der Waals surface area contributed by atoms with Crippen LogP contribution < -0.4 is 4.74 Å². The first-order chi connectivity index (χ1) is 10.7. The van der Waals surface area contributed by atoms with Gasteiger partial charge in [-0.05, 0) is 36.2 Å². The molecule has 0 aliphatic rings. The van der Waals surface area contributed by atoms with Crippen molar-refractivity contribution in [2.24, 2.45) is 0 Å². The summed E-state index contributed by atoms with van der Waals surface area (Å²) >= 11 is 3.27. The number of hydrogen-bond donors (Lipinski definition) is 0. The summed E-state index contributed by atoms with van der Waals surface area (Å²) in [6.45, 7) is 2.87. The van der Waals surface area contributed by atoms with E-state index in [-0.39, 0.29) is 5.82 Å². The monoisotopic (exact) mass is 365 g/mol. The highest BCUT2D eigenvalue weighted by Gasteiger charge is 2.09. The molecule has 2 rings (SSSR count). The van der Waals surface area contributed by atoms with E-state index in [1.165, 1.54) is 25.3 Å². The molecule has 0 aliphatic carbocycles. The van der Waals surface area contributed by atoms with Crippen molar-refractivity contribution in [3.05, 3.63) is 58.1 Å². The molecule has 2 aromatic rings. The van der Waals surface area contributed by atoms with Gasteiger partial charge in [0.05, 0.1) is 12.3 Å². The lowest BCUT2D eigenvalue weighted by Gasteiger charge is -2.11. The van der Waals surface area contributed by atoms with E-state index in [1.54, 1.807) is 12.3 Å². The number of ether oxygens (including phenoxy) is 1. The van der Waals surface area contributed by atoms with Crippen molar-refractivity contribution in [3.8, 4) is 5.75 Å². The van der Waals surface area contributed by atoms with Gasteiger partial charge in [0, 0.05) is 17.1 Å². The molecule has 118 valence electrons. The Labute approximate surface area is 139 Å². The standard InChI is InChI=1S/C18H21BrFNO/c1-2-3-4-5-11-22-18-7-6-10-21-17(18)12-14-8-9-15(19)13-16(14)20/h6-10,13H,2-5,11-12H2,1H3. The predicted molar refractivity (Wildman–Crippen MR) is 90.8 cm³/mol. The van der Waals surface area contributed by atoms with Crippen LogP contribution in [0.4, 0.5) is 4.39 Å². The van der Waals surface area contributed by atoms with Crippen LogP contribution >= 0.6 is 15.9 Å². The summed E-state index contributed by atoms with van der Waals surface area (Å²) in [5.41, 5.74) is 1.40. The molecule has 0 saturated heterocycles. The third-order valence-corrected chi connectivity index (χ3v) is 3.97. The minimum atomic E-state index is -0.228. The highest BCUT2D eigenvalue weighted by molar-refractivity contribution is 9.10. The molecule has 0 saturated carbocycles. The van der Waals surface area contributed by atoms with Crippen molar-refractivity contribution in [3.63, 3.8) is 0 Å². The zero-order valence-electron chi connectivity index (χ0n) is 12.8. The molecule has 0 atom stereocenters. The SMILES string of the molecule is CCCCCCOc1cccnc1Cc1ccc(Br)cc1F. The van der Waals surface area contributed by atoms with E-state index >= 15 is 0 Å². The molecule has 0 bridgehead atoms. The number of nitrogens with zero attached hydrogens (tertiary/aromatic N) is 1. The summed E-state index contributed by atoms with van der Waals surface area (Å²) in [5, 5.41) is 0. The lowest BCUT2D eigenvalue weighted by atomic mass is 10.1. The number of benzene rings is 1. The molecule has 2 nitrogen and oxygen atoms in total. The van der Waals surface area contributed by atoms with Gasteiger partial charge in [0.2, 0.25) is 0 Å². The van der Waals surface area contributed by atoms with Gasteiger partial charge >= 0.3 is 0 Å². The van der Waals surface area contributed by atoms with Gasteiger partial charge in [-0.25, -0.2) is 4.39 Å². The predicted octanol–water partition coefficient (Wildman–Crippen LogP) is 5.53. The zero-order valence-corrected chi connectivity index (χ0v) is 14.4. The molecule has 1 heterocycles. The Morgan fingerprint density at radius 2 is 2.05 bits per heavy atom. The van der Waals surface area contributed by atoms with Crippen LogP contribution in [0.5, 0.6) is 5.75 Å². The van der Waals surface area contributed by atoms with Crippen LogP contribution in [0.3, 0.4) is 0 Å². The fourth-order valence-electron chi connectivity index (χ4n) is 2.24. The molecule has 1 aromatic heterocycles. The fraction of sp³-hybridized carbons (Fsp3) is 0.389. The molecule has 4 heteroatoms. The molecule has 0 amide bonds. The highest BCUT2D eigenvalue weighted by Crippen LogP contribution is 2.22. The van der Waals surface area contributed by atoms with Crippen molar-refractivity contribution in [1.82, 2.24) is 4.98 Å². The largest absolute Gasteiger partial charge is 0.492 e. The van der Waals surface area contributed by atoms with Gasteiger partial charge in [0.1, 0.15) is 11.6 Å². The Kier molecular flexibility index (Phi) is 6.84. The van der Waals surface area contributed by atoms with Crippen molar-refractivity contribution in [1.29, 1.82) is 0 Å². The van der Waals surface area contributed by atoms with Crippen LogP contribution in [0.2, 0.25) is 0 Å². The molecule has 0 N–H and O–H groups in total. The summed E-state index contributed by atoms with van der Waals surface area (Å²) in [5.74, 6) is 0.523. The Hall–Kier alpha value is -1.42. The van der Waals surface area contributed by atoms with Crippen molar-refractivity contribution < 1.29 is 9.13 Å². The lowest BCUT2D eigenvalue weighted by Crippen LogP contribution is -2.03. The topological polar surface area (TPSA) is 22.1 Å². The average molecular weight is 366 g/mol. The second-order valence-corrected chi connectivity index (χ2v) is 6.19. The van der Waals surface area contributed by atoms with Crippen molar-refractivity contribution in [2.45, 2.75) is 39.0 Å². The first kappa shape index (κ1) is 16.9. The Morgan fingerprint density at radius 1 is 1.18 bits per heavy atom. The normalized spacial score (nSPS) is 10.7. The molecular weight excluding hydrogens is 345 g/mol. The summed E-state index contributed by atoms with van der Waals surface area (Å²) in [6, 6.07) is 8.84. The summed E-state index contributed by atoms with van der Waals surface area (Å²) in [4.78, 5) is 4.35. The van der Waals surface area contributed by atoms with Gasteiger partial charge < -0.3 is 4.74 Å². The van der Waals surface area contributed by atoms with Crippen LogP contribution in [0.15, 0.2) is 41.0 Å². The Balaban J connectivity index is 2.01. The van der Waals surface area contributed by atoms with Crippen molar-refractivity contribution in [2.75, 3.05) is 6.61 Å². The summed E-state index contributed by atoms with van der Waals surface area (Å²) in [7, 11) is 0. The maximum absolute atomic E-state index is 14.0. The molecule has 0 spiro atoms. The molecule has 1 aromatic carbocycles. The van der Waals surface area contributed by atoms with E-state index in [0.29, 0.717) is 18.6 Å². The van der Waals surface area contributed by atoms with E-state index in [1.807, 2.05) is 18.2 Å². The van der Waals surface area contributed by atoms with Gasteiger partial charge in [-0.15, -0.1) is 0 Å². The van der Waals surface area contributed by atoms with E-state index in [2.05, 4.69) is 27.8 Å². The number of hydrogen-bond acceptors (Lipinski definition) is 2.